The van der Waals surface area contributed by atoms with E-state index in [9.17, 15) is 14.4 Å². The topological polar surface area (TPSA) is 84.9 Å². The van der Waals surface area contributed by atoms with Crippen LogP contribution in [0.3, 0.4) is 0 Å². The van der Waals surface area contributed by atoms with Crippen LogP contribution in [-0.4, -0.2) is 47.4 Å². The lowest BCUT2D eigenvalue weighted by atomic mass is 9.72. The number of hydrogen-bond acceptors (Lipinski definition) is 5. The molecule has 2 aromatic carbocycles. The number of rotatable bonds is 7. The number of ketones is 1. The van der Waals surface area contributed by atoms with Crippen molar-refractivity contribution in [2.45, 2.75) is 64.9 Å². The van der Waals surface area contributed by atoms with Gasteiger partial charge in [0.1, 0.15) is 11.5 Å². The van der Waals surface area contributed by atoms with Crippen molar-refractivity contribution < 1.29 is 37.0 Å². The van der Waals surface area contributed by atoms with Crippen LogP contribution in [0.4, 0.5) is 13.2 Å². The normalized spacial score (nSPS) is 20.8. The first-order chi connectivity index (χ1) is 18.2. The van der Waals surface area contributed by atoms with Gasteiger partial charge in [-0.15, -0.1) is 0 Å². The summed E-state index contributed by atoms with van der Waals surface area (Å²) in [6.07, 6.45) is -5.56. The van der Waals surface area contributed by atoms with Gasteiger partial charge in [-0.3, -0.25) is 14.4 Å². The number of carbonyl (C=O) groups excluding carboxylic acids is 3. The second kappa shape index (κ2) is 10.1. The highest BCUT2D eigenvalue weighted by Gasteiger charge is 2.71. The number of hydrogen-bond donors (Lipinski definition) is 1. The van der Waals surface area contributed by atoms with Gasteiger partial charge >= 0.3 is 6.18 Å². The number of carbonyl (C=O) groups is 3. The van der Waals surface area contributed by atoms with Crippen LogP contribution in [0.1, 0.15) is 56.5 Å². The third kappa shape index (κ3) is 5.24. The minimum atomic E-state index is -5.28. The second-order valence-electron chi connectivity index (χ2n) is 10.9. The summed E-state index contributed by atoms with van der Waals surface area (Å²) in [5.41, 5.74) is -4.48. The van der Waals surface area contributed by atoms with Crippen LogP contribution in [0.2, 0.25) is 0 Å². The summed E-state index contributed by atoms with van der Waals surface area (Å²) in [4.78, 5) is 41.3. The number of ether oxygens (including phenoxy) is 2. The van der Waals surface area contributed by atoms with E-state index in [0.717, 1.165) is 4.90 Å². The highest BCUT2D eigenvalue weighted by atomic mass is 19.4. The Balaban J connectivity index is 1.78. The zero-order valence-electron chi connectivity index (χ0n) is 22.4. The molecule has 1 aliphatic heterocycles. The number of Topliss-reactive ketones (excluding diaryl/α,β-unsaturated/α-hetero) is 1. The molecule has 0 saturated carbocycles. The molecule has 7 nitrogen and oxygen atoms in total. The maximum atomic E-state index is 15.0. The van der Waals surface area contributed by atoms with Gasteiger partial charge in [-0.25, -0.2) is 0 Å². The maximum absolute atomic E-state index is 15.0. The molecule has 1 heterocycles. The lowest BCUT2D eigenvalue weighted by Gasteiger charge is -2.35. The van der Waals surface area contributed by atoms with Gasteiger partial charge in [-0.1, -0.05) is 26.0 Å². The molecule has 0 saturated heterocycles. The Morgan fingerprint density at radius 1 is 1.00 bits per heavy atom. The fraction of sp³-hybridized carbons (Fsp3) is 0.414. The van der Waals surface area contributed by atoms with Gasteiger partial charge in [-0.05, 0) is 67.6 Å². The number of benzene rings is 2. The van der Waals surface area contributed by atoms with Crippen LogP contribution in [0.15, 0.2) is 59.8 Å². The second-order valence-corrected chi connectivity index (χ2v) is 10.9. The van der Waals surface area contributed by atoms with Gasteiger partial charge in [0.15, 0.2) is 5.78 Å². The molecule has 2 amide bonds. The van der Waals surface area contributed by atoms with E-state index >= 15 is 13.2 Å². The van der Waals surface area contributed by atoms with E-state index in [1.165, 1.54) is 31.4 Å². The van der Waals surface area contributed by atoms with E-state index in [1.807, 2.05) is 19.2 Å². The molecule has 2 aromatic rings. The number of amides is 2. The predicted octanol–water partition coefficient (Wildman–Crippen LogP) is 5.20. The summed E-state index contributed by atoms with van der Waals surface area (Å²) < 4.78 is 55.7. The molecular formula is C29H31F3N2O5. The van der Waals surface area contributed by atoms with E-state index in [2.05, 4.69) is 0 Å². The maximum Gasteiger partial charge on any atom is 0.425 e. The smallest absolute Gasteiger partial charge is 0.425 e. The van der Waals surface area contributed by atoms with Crippen molar-refractivity contribution >= 4 is 17.6 Å². The van der Waals surface area contributed by atoms with Gasteiger partial charge in [0.25, 0.3) is 11.8 Å². The highest BCUT2D eigenvalue weighted by Crippen LogP contribution is 2.52. The fourth-order valence-corrected chi connectivity index (χ4v) is 5.11. The highest BCUT2D eigenvalue weighted by molar-refractivity contribution is 6.14. The first kappa shape index (κ1) is 28.2. The van der Waals surface area contributed by atoms with Crippen molar-refractivity contribution in [1.29, 1.82) is 0 Å². The number of nitrogens with zero attached hydrogens (tertiary/aromatic N) is 1. The van der Waals surface area contributed by atoms with Crippen molar-refractivity contribution in [2.75, 3.05) is 7.11 Å². The Hall–Kier alpha value is -3.82. The van der Waals surface area contributed by atoms with Gasteiger partial charge in [0.05, 0.1) is 25.3 Å². The van der Waals surface area contributed by atoms with Crippen molar-refractivity contribution in [2.24, 2.45) is 5.41 Å². The molecule has 1 aliphatic carbocycles. The van der Waals surface area contributed by atoms with Crippen LogP contribution in [0.5, 0.6) is 11.5 Å². The fourth-order valence-electron chi connectivity index (χ4n) is 5.11. The summed E-state index contributed by atoms with van der Waals surface area (Å²) in [5, 5.41) is 1.95. The van der Waals surface area contributed by atoms with Crippen LogP contribution < -0.4 is 14.8 Å². The Morgan fingerprint density at radius 3 is 2.13 bits per heavy atom. The molecule has 39 heavy (non-hydrogen) atoms. The number of alkyl halides is 3. The van der Waals surface area contributed by atoms with Gasteiger partial charge in [0.2, 0.25) is 5.54 Å². The molecule has 0 unspecified atom stereocenters. The third-order valence-corrected chi connectivity index (χ3v) is 6.83. The summed E-state index contributed by atoms with van der Waals surface area (Å²) in [6.45, 7) is 6.94. The third-order valence-electron chi connectivity index (χ3n) is 6.83. The summed E-state index contributed by atoms with van der Waals surface area (Å²) in [6, 6.07) is 12.1. The van der Waals surface area contributed by atoms with Crippen LogP contribution >= 0.6 is 0 Å². The molecule has 208 valence electrons. The molecule has 0 aromatic heterocycles. The number of halogens is 3. The van der Waals surface area contributed by atoms with Crippen LogP contribution in [-0.2, 0) is 16.1 Å². The summed E-state index contributed by atoms with van der Waals surface area (Å²) in [7, 11) is 1.48. The van der Waals surface area contributed by atoms with Crippen LogP contribution in [0, 0.1) is 5.41 Å². The van der Waals surface area contributed by atoms with Gasteiger partial charge in [0, 0.05) is 17.7 Å². The van der Waals surface area contributed by atoms with Crippen molar-refractivity contribution in [3.63, 3.8) is 0 Å². The van der Waals surface area contributed by atoms with E-state index in [1.54, 1.807) is 38.1 Å². The number of allylic oxidation sites excluding steroid dienone is 1. The van der Waals surface area contributed by atoms with Gasteiger partial charge in [-0.2, -0.15) is 13.2 Å². The molecule has 0 spiro atoms. The van der Waals surface area contributed by atoms with E-state index in [0.29, 0.717) is 17.1 Å². The standard InChI is InChI=1S/C29H31F3N2O5/c1-17(2)39-21-12-8-19(9-13-21)25(36)33-28(29(30,31)32)24-22(14-27(3,4)15-23(24)35)34(26(28)37)16-18-6-10-20(38-5)11-7-18/h6-13,17H,14-16H2,1-5H3,(H,33,36)/t28-/m1/s1. The van der Waals surface area contributed by atoms with Crippen molar-refractivity contribution in [1.82, 2.24) is 10.2 Å². The minimum absolute atomic E-state index is 0.0182. The number of methoxy groups -OCH3 is 1. The monoisotopic (exact) mass is 544 g/mol. The quantitative estimate of drug-likeness (QED) is 0.518. The van der Waals surface area contributed by atoms with Crippen molar-refractivity contribution in [3.8, 4) is 11.5 Å². The molecule has 0 fully saturated rings. The first-order valence-corrected chi connectivity index (χ1v) is 12.6. The molecule has 4 rings (SSSR count). The lowest BCUT2D eigenvalue weighted by molar-refractivity contribution is -0.190. The molecule has 2 aliphatic rings. The predicted molar refractivity (Wildman–Crippen MR) is 137 cm³/mol. The first-order valence-electron chi connectivity index (χ1n) is 12.6. The SMILES string of the molecule is COc1ccc(CN2C(=O)[C@@](NC(=O)c3ccc(OC(C)C)cc3)(C(F)(F)F)C3=C2CC(C)(C)CC3=O)cc1. The number of nitrogens with one attached hydrogen (secondary N) is 1. The zero-order valence-corrected chi connectivity index (χ0v) is 22.4. The molecule has 10 heteroatoms. The molecule has 1 atom stereocenters. The van der Waals surface area contributed by atoms with E-state index in [4.69, 9.17) is 9.47 Å². The summed E-state index contributed by atoms with van der Waals surface area (Å²) >= 11 is 0. The average molecular weight is 545 g/mol. The Morgan fingerprint density at radius 2 is 1.59 bits per heavy atom. The Kier molecular flexibility index (Phi) is 7.27. The van der Waals surface area contributed by atoms with Crippen molar-refractivity contribution in [3.05, 3.63) is 70.9 Å². The lowest BCUT2D eigenvalue weighted by Crippen LogP contribution is -2.66. The zero-order chi connectivity index (χ0) is 28.8. The van der Waals surface area contributed by atoms with Crippen LogP contribution in [0.25, 0.3) is 0 Å². The molecule has 0 bridgehead atoms. The Labute approximate surface area is 225 Å². The largest absolute Gasteiger partial charge is 0.497 e. The van der Waals surface area contributed by atoms with E-state index < -0.39 is 40.3 Å². The van der Waals surface area contributed by atoms with Gasteiger partial charge < -0.3 is 19.7 Å². The molecule has 0 radical (unpaired) electrons. The average Bonchev–Trinajstić information content (AvgIpc) is 3.07. The molecular weight excluding hydrogens is 513 g/mol. The Bertz CT molecular complexity index is 1310. The summed E-state index contributed by atoms with van der Waals surface area (Å²) in [5.74, 6) is -2.38. The van der Waals surface area contributed by atoms with E-state index in [-0.39, 0.29) is 36.8 Å². The minimum Gasteiger partial charge on any atom is -0.497 e. The molecule has 1 N–H and O–H groups in total.